The van der Waals surface area contributed by atoms with Gasteiger partial charge in [0.2, 0.25) is 0 Å². The molecule has 0 heterocycles. The number of aliphatic imine (C=N–C) groups is 1. The largest absolute Gasteiger partial charge is 0.378 e. The fourth-order valence-electron chi connectivity index (χ4n) is 2.43. The van der Waals surface area contributed by atoms with Crippen LogP contribution in [0.25, 0.3) is 0 Å². The molecule has 0 radical (unpaired) electrons. The van der Waals surface area contributed by atoms with E-state index in [-0.39, 0.29) is 22.1 Å². The minimum Gasteiger partial charge on any atom is -0.378 e. The molecule has 3 N–H and O–H groups in total. The van der Waals surface area contributed by atoms with Crippen molar-refractivity contribution in [1.29, 1.82) is 0 Å². The average Bonchev–Trinajstić information content (AvgIpc) is 2.67. The summed E-state index contributed by atoms with van der Waals surface area (Å²) in [6, 6.07) is 9.80. The number of rotatable bonds is 8. The molecule has 0 unspecified atom stereocenters. The van der Waals surface area contributed by atoms with Crippen molar-refractivity contribution in [3.05, 3.63) is 64.0 Å². The zero-order valence-corrected chi connectivity index (χ0v) is 16.8. The van der Waals surface area contributed by atoms with Gasteiger partial charge in [0.25, 0.3) is 5.69 Å². The van der Waals surface area contributed by atoms with Gasteiger partial charge in [-0.1, -0.05) is 12.1 Å². The predicted octanol–water partition coefficient (Wildman–Crippen LogP) is 1.91. The molecule has 11 heteroatoms. The van der Waals surface area contributed by atoms with Crippen LogP contribution in [0.4, 0.5) is 15.8 Å². The Morgan fingerprint density at radius 2 is 1.83 bits per heavy atom. The monoisotopic (exact) mass is 423 g/mol. The summed E-state index contributed by atoms with van der Waals surface area (Å²) < 4.78 is 36.1. The van der Waals surface area contributed by atoms with Gasteiger partial charge < -0.3 is 16.0 Å². The summed E-state index contributed by atoms with van der Waals surface area (Å²) in [4.78, 5) is 14.6. The highest BCUT2D eigenvalue weighted by atomic mass is 32.2. The normalized spacial score (nSPS) is 11.8. The van der Waals surface area contributed by atoms with Crippen molar-refractivity contribution >= 4 is 27.2 Å². The summed E-state index contributed by atoms with van der Waals surface area (Å²) in [6.07, 6.45) is 0.994. The Morgan fingerprint density at radius 3 is 2.41 bits per heavy atom. The number of benzene rings is 2. The van der Waals surface area contributed by atoms with Crippen LogP contribution in [0.1, 0.15) is 5.56 Å². The van der Waals surface area contributed by atoms with Crippen molar-refractivity contribution in [3.63, 3.8) is 0 Å². The van der Waals surface area contributed by atoms with Gasteiger partial charge in [-0.2, -0.15) is 0 Å². The van der Waals surface area contributed by atoms with Crippen molar-refractivity contribution in [1.82, 2.24) is 10.6 Å². The molecule has 0 atom stereocenters. The Labute approximate surface area is 168 Å². The quantitative estimate of drug-likeness (QED) is 0.195. The lowest BCUT2D eigenvalue weighted by Crippen LogP contribution is -2.39. The van der Waals surface area contributed by atoms with Gasteiger partial charge in [0.15, 0.2) is 15.8 Å². The number of nitrogens with zero attached hydrogens (tertiary/aromatic N) is 2. The Balaban J connectivity index is 1.88. The molecule has 9 nitrogen and oxygen atoms in total. The lowest BCUT2D eigenvalue weighted by Gasteiger charge is -2.13. The maximum Gasteiger partial charge on any atom is 0.293 e. The van der Waals surface area contributed by atoms with E-state index in [9.17, 15) is 22.9 Å². The van der Waals surface area contributed by atoms with Gasteiger partial charge in [0.05, 0.1) is 9.82 Å². The molecular weight excluding hydrogens is 401 g/mol. The second kappa shape index (κ2) is 9.82. The summed E-state index contributed by atoms with van der Waals surface area (Å²) in [6.45, 7) is 1.18. The predicted molar refractivity (Wildman–Crippen MR) is 109 cm³/mol. The van der Waals surface area contributed by atoms with Gasteiger partial charge in [0, 0.05) is 39.0 Å². The molecule has 2 rings (SSSR count). The number of halogens is 1. The van der Waals surface area contributed by atoms with E-state index in [0.717, 1.165) is 17.9 Å². The second-order valence-electron chi connectivity index (χ2n) is 6.11. The van der Waals surface area contributed by atoms with E-state index in [1.54, 1.807) is 19.2 Å². The van der Waals surface area contributed by atoms with Gasteiger partial charge in [0.1, 0.15) is 11.5 Å². The molecule has 2 aromatic rings. The van der Waals surface area contributed by atoms with E-state index in [1.165, 1.54) is 24.3 Å². The zero-order chi connectivity index (χ0) is 21.4. The molecule has 0 bridgehead atoms. The number of sulfone groups is 1. The minimum absolute atomic E-state index is 0.113. The number of anilines is 1. The van der Waals surface area contributed by atoms with Crippen molar-refractivity contribution < 1.29 is 17.7 Å². The van der Waals surface area contributed by atoms with Crippen LogP contribution >= 0.6 is 0 Å². The van der Waals surface area contributed by atoms with Gasteiger partial charge >= 0.3 is 0 Å². The van der Waals surface area contributed by atoms with E-state index in [0.29, 0.717) is 25.6 Å². The van der Waals surface area contributed by atoms with Crippen molar-refractivity contribution in [2.75, 3.05) is 31.7 Å². The third-order valence-corrected chi connectivity index (χ3v) is 5.03. The van der Waals surface area contributed by atoms with Crippen LogP contribution in [0.5, 0.6) is 0 Å². The maximum atomic E-state index is 12.9. The molecular formula is C18H22FN5O4S. The molecule has 0 saturated heterocycles. The Hall–Kier alpha value is -3.21. The fourth-order valence-corrected chi connectivity index (χ4v) is 3.07. The molecule has 0 spiro atoms. The van der Waals surface area contributed by atoms with E-state index < -0.39 is 14.8 Å². The van der Waals surface area contributed by atoms with E-state index >= 15 is 0 Å². The first-order valence-corrected chi connectivity index (χ1v) is 10.5. The van der Waals surface area contributed by atoms with Crippen LogP contribution in [-0.4, -0.2) is 45.7 Å². The van der Waals surface area contributed by atoms with Gasteiger partial charge in [-0.3, -0.25) is 15.1 Å². The molecule has 0 amide bonds. The standard InChI is InChI=1S/C18H22FN5O4S/c1-20-18(23-12-13-3-5-14(19)6-4-13)22-10-9-21-16-8-7-15(29(2,27)28)11-17(16)24(25)26/h3-8,11,21H,9-10,12H2,1-2H3,(H2,20,22,23). The van der Waals surface area contributed by atoms with E-state index in [2.05, 4.69) is 20.9 Å². The molecule has 2 aromatic carbocycles. The summed E-state index contributed by atoms with van der Waals surface area (Å²) in [5, 5.41) is 20.3. The molecule has 0 fully saturated rings. The van der Waals surface area contributed by atoms with Crippen LogP contribution < -0.4 is 16.0 Å². The first-order chi connectivity index (χ1) is 13.7. The molecule has 0 aliphatic carbocycles. The first kappa shape index (κ1) is 22.1. The van der Waals surface area contributed by atoms with Crippen LogP contribution in [0.15, 0.2) is 52.4 Å². The van der Waals surface area contributed by atoms with Crippen LogP contribution in [0, 0.1) is 15.9 Å². The van der Waals surface area contributed by atoms with Crippen LogP contribution in [0.2, 0.25) is 0 Å². The Kier molecular flexibility index (Phi) is 7.48. The summed E-state index contributed by atoms with van der Waals surface area (Å²) in [5.41, 5.74) is 0.791. The smallest absolute Gasteiger partial charge is 0.293 e. The van der Waals surface area contributed by atoms with E-state index in [1.807, 2.05) is 0 Å². The topological polar surface area (TPSA) is 126 Å². The lowest BCUT2D eigenvalue weighted by atomic mass is 10.2. The number of nitro groups is 1. The van der Waals surface area contributed by atoms with Crippen LogP contribution in [-0.2, 0) is 16.4 Å². The minimum atomic E-state index is -3.54. The lowest BCUT2D eigenvalue weighted by molar-refractivity contribution is -0.384. The fraction of sp³-hybridized carbons (Fsp3) is 0.278. The highest BCUT2D eigenvalue weighted by Gasteiger charge is 2.18. The van der Waals surface area contributed by atoms with Gasteiger partial charge in [-0.15, -0.1) is 0 Å². The van der Waals surface area contributed by atoms with E-state index in [4.69, 9.17) is 0 Å². The average molecular weight is 423 g/mol. The molecule has 0 aromatic heterocycles. The number of nitro benzene ring substituents is 1. The number of hydrogen-bond donors (Lipinski definition) is 3. The number of hydrogen-bond acceptors (Lipinski definition) is 6. The highest BCUT2D eigenvalue weighted by molar-refractivity contribution is 7.90. The van der Waals surface area contributed by atoms with Gasteiger partial charge in [-0.25, -0.2) is 12.8 Å². The highest BCUT2D eigenvalue weighted by Crippen LogP contribution is 2.27. The summed E-state index contributed by atoms with van der Waals surface area (Å²) >= 11 is 0. The van der Waals surface area contributed by atoms with Crippen LogP contribution in [0.3, 0.4) is 0 Å². The SMILES string of the molecule is CN=C(NCCNc1ccc(S(C)(=O)=O)cc1[N+](=O)[O-])NCc1ccc(F)cc1. The molecule has 0 saturated carbocycles. The van der Waals surface area contributed by atoms with Gasteiger partial charge in [-0.05, 0) is 29.8 Å². The van der Waals surface area contributed by atoms with Crippen molar-refractivity contribution in [3.8, 4) is 0 Å². The Bertz CT molecular complexity index is 994. The second-order valence-corrected chi connectivity index (χ2v) is 8.13. The molecule has 29 heavy (non-hydrogen) atoms. The third kappa shape index (κ3) is 6.71. The van der Waals surface area contributed by atoms with Crippen molar-refractivity contribution in [2.45, 2.75) is 11.4 Å². The number of guanidine groups is 1. The zero-order valence-electron chi connectivity index (χ0n) is 16.0. The number of nitrogens with one attached hydrogen (secondary N) is 3. The molecule has 156 valence electrons. The maximum absolute atomic E-state index is 12.9. The third-order valence-electron chi connectivity index (χ3n) is 3.92. The molecule has 0 aliphatic heterocycles. The first-order valence-electron chi connectivity index (χ1n) is 8.62. The summed E-state index contributed by atoms with van der Waals surface area (Å²) in [5.74, 6) is 0.207. The summed E-state index contributed by atoms with van der Waals surface area (Å²) in [7, 11) is -1.94. The molecule has 0 aliphatic rings. The van der Waals surface area contributed by atoms with Crippen molar-refractivity contribution in [2.24, 2.45) is 4.99 Å². The Morgan fingerprint density at radius 1 is 1.14 bits per heavy atom.